The van der Waals surface area contributed by atoms with Gasteiger partial charge in [-0.25, -0.2) is 0 Å². The van der Waals surface area contributed by atoms with Gasteiger partial charge in [0.2, 0.25) is 0 Å². The van der Waals surface area contributed by atoms with Crippen LogP contribution in [0, 0.1) is 10.1 Å². The van der Waals surface area contributed by atoms with Crippen molar-refractivity contribution >= 4 is 29.3 Å². The molecule has 0 saturated carbocycles. The van der Waals surface area contributed by atoms with Crippen molar-refractivity contribution in [1.82, 2.24) is 4.90 Å². The molecule has 8 nitrogen and oxygen atoms in total. The van der Waals surface area contributed by atoms with Crippen LogP contribution in [0.25, 0.3) is 0 Å². The average molecular weight is 354 g/mol. The van der Waals surface area contributed by atoms with Crippen molar-refractivity contribution in [2.24, 2.45) is 0 Å². The summed E-state index contributed by atoms with van der Waals surface area (Å²) < 4.78 is 5.24. The second kappa shape index (κ2) is 7.63. The molecule has 0 aromatic heterocycles. The van der Waals surface area contributed by atoms with Crippen LogP contribution in [0.1, 0.15) is 23.2 Å². The average Bonchev–Trinajstić information content (AvgIpc) is 2.95. The Balaban J connectivity index is 2.30. The highest BCUT2D eigenvalue weighted by atomic mass is 32.2. The molecule has 0 aliphatic carbocycles. The standard InChI is InChI=1S/C15H18N2O6S/c1-23-11-6-10(7-14(18)19)16(8-11)15(20)9-3-4-13(24-2)12(5-9)17(21)22/h3-5,10-11H,6-8H2,1-2H3,(H,18,19). The zero-order valence-corrected chi connectivity index (χ0v) is 14.1. The fourth-order valence-electron chi connectivity index (χ4n) is 2.82. The van der Waals surface area contributed by atoms with Gasteiger partial charge in [-0.2, -0.15) is 0 Å². The molecular formula is C15H18N2O6S. The van der Waals surface area contributed by atoms with Crippen molar-refractivity contribution in [3.8, 4) is 0 Å². The molecule has 2 atom stereocenters. The maximum Gasteiger partial charge on any atom is 0.305 e. The fraction of sp³-hybridized carbons (Fsp3) is 0.467. The van der Waals surface area contributed by atoms with Gasteiger partial charge in [-0.05, 0) is 24.8 Å². The van der Waals surface area contributed by atoms with Crippen molar-refractivity contribution in [2.75, 3.05) is 19.9 Å². The summed E-state index contributed by atoms with van der Waals surface area (Å²) >= 11 is 1.23. The second-order valence-electron chi connectivity index (χ2n) is 5.45. The number of nitrogens with zero attached hydrogens (tertiary/aromatic N) is 2. The molecule has 1 N–H and O–H groups in total. The van der Waals surface area contributed by atoms with Crippen molar-refractivity contribution in [3.05, 3.63) is 33.9 Å². The zero-order valence-electron chi connectivity index (χ0n) is 13.3. The quantitative estimate of drug-likeness (QED) is 0.473. The minimum Gasteiger partial charge on any atom is -0.481 e. The van der Waals surface area contributed by atoms with Crippen molar-refractivity contribution < 1.29 is 24.4 Å². The van der Waals surface area contributed by atoms with E-state index in [1.165, 1.54) is 42.0 Å². The molecule has 1 amide bonds. The number of carboxylic acid groups (broad SMARTS) is 1. The van der Waals surface area contributed by atoms with E-state index in [-0.39, 0.29) is 30.3 Å². The second-order valence-corrected chi connectivity index (χ2v) is 6.29. The van der Waals surface area contributed by atoms with Gasteiger partial charge in [0.05, 0.1) is 22.3 Å². The van der Waals surface area contributed by atoms with E-state index in [0.29, 0.717) is 11.3 Å². The summed E-state index contributed by atoms with van der Waals surface area (Å²) in [5.41, 5.74) is 0.0391. The van der Waals surface area contributed by atoms with Gasteiger partial charge in [-0.15, -0.1) is 11.8 Å². The number of likely N-dealkylation sites (tertiary alicyclic amines) is 1. The summed E-state index contributed by atoms with van der Waals surface area (Å²) in [6.45, 7) is 0.269. The lowest BCUT2D eigenvalue weighted by Crippen LogP contribution is -2.37. The topological polar surface area (TPSA) is 110 Å². The van der Waals surface area contributed by atoms with Gasteiger partial charge in [0.15, 0.2) is 0 Å². The molecule has 1 aliphatic rings. The van der Waals surface area contributed by atoms with Crippen LogP contribution in [0.5, 0.6) is 0 Å². The molecular weight excluding hydrogens is 336 g/mol. The molecule has 0 radical (unpaired) electrons. The van der Waals surface area contributed by atoms with Crippen LogP contribution in [0.2, 0.25) is 0 Å². The smallest absolute Gasteiger partial charge is 0.305 e. The van der Waals surface area contributed by atoms with Gasteiger partial charge in [0.1, 0.15) is 0 Å². The summed E-state index contributed by atoms with van der Waals surface area (Å²) in [4.78, 5) is 36.3. The van der Waals surface area contributed by atoms with Gasteiger partial charge in [0, 0.05) is 31.3 Å². The monoisotopic (exact) mass is 354 g/mol. The number of hydrogen-bond acceptors (Lipinski definition) is 6. The third kappa shape index (κ3) is 3.85. The lowest BCUT2D eigenvalue weighted by Gasteiger charge is -2.23. The highest BCUT2D eigenvalue weighted by molar-refractivity contribution is 7.98. The van der Waals surface area contributed by atoms with E-state index in [1.54, 1.807) is 6.26 Å². The molecule has 130 valence electrons. The molecule has 1 aromatic rings. The third-order valence-corrected chi connectivity index (χ3v) is 4.79. The van der Waals surface area contributed by atoms with E-state index in [4.69, 9.17) is 9.84 Å². The zero-order chi connectivity index (χ0) is 17.9. The Morgan fingerprint density at radius 1 is 1.50 bits per heavy atom. The molecule has 1 aliphatic heterocycles. The van der Waals surface area contributed by atoms with E-state index >= 15 is 0 Å². The third-order valence-electron chi connectivity index (χ3n) is 4.00. The number of amides is 1. The molecule has 0 spiro atoms. The van der Waals surface area contributed by atoms with Crippen LogP contribution in [0.4, 0.5) is 5.69 Å². The van der Waals surface area contributed by atoms with Gasteiger partial charge in [0.25, 0.3) is 11.6 Å². The number of aliphatic carboxylic acids is 1. The van der Waals surface area contributed by atoms with Crippen LogP contribution < -0.4 is 0 Å². The van der Waals surface area contributed by atoms with Crippen molar-refractivity contribution in [1.29, 1.82) is 0 Å². The number of nitro benzene ring substituents is 1. The summed E-state index contributed by atoms with van der Waals surface area (Å²) in [5, 5.41) is 20.2. The molecule has 1 fully saturated rings. The molecule has 2 unspecified atom stereocenters. The number of methoxy groups -OCH3 is 1. The van der Waals surface area contributed by atoms with E-state index in [1.807, 2.05) is 0 Å². The summed E-state index contributed by atoms with van der Waals surface area (Å²) in [6.07, 6.45) is 1.73. The van der Waals surface area contributed by atoms with Gasteiger partial charge < -0.3 is 14.7 Å². The van der Waals surface area contributed by atoms with E-state index in [9.17, 15) is 19.7 Å². The Morgan fingerprint density at radius 2 is 2.21 bits per heavy atom. The number of carbonyl (C=O) groups is 2. The largest absolute Gasteiger partial charge is 0.481 e. The number of rotatable bonds is 6. The highest BCUT2D eigenvalue weighted by Crippen LogP contribution is 2.30. The number of thioether (sulfide) groups is 1. The Morgan fingerprint density at radius 3 is 2.75 bits per heavy atom. The molecule has 0 bridgehead atoms. The van der Waals surface area contributed by atoms with Crippen LogP contribution in [-0.4, -0.2) is 58.9 Å². The molecule has 2 rings (SSSR count). The van der Waals surface area contributed by atoms with Gasteiger partial charge in [-0.3, -0.25) is 19.7 Å². The summed E-state index contributed by atoms with van der Waals surface area (Å²) in [6, 6.07) is 3.82. The first kappa shape index (κ1) is 18.2. The SMILES string of the molecule is COC1CC(CC(=O)O)N(C(=O)c2ccc(SC)c([N+](=O)[O-])c2)C1. The summed E-state index contributed by atoms with van der Waals surface area (Å²) in [5.74, 6) is -1.42. The summed E-state index contributed by atoms with van der Waals surface area (Å²) in [7, 11) is 1.51. The first-order valence-electron chi connectivity index (χ1n) is 7.25. The highest BCUT2D eigenvalue weighted by Gasteiger charge is 2.37. The number of hydrogen-bond donors (Lipinski definition) is 1. The number of ether oxygens (including phenoxy) is 1. The minimum atomic E-state index is -1.00. The van der Waals surface area contributed by atoms with E-state index < -0.39 is 22.8 Å². The van der Waals surface area contributed by atoms with Crippen LogP contribution >= 0.6 is 11.8 Å². The molecule has 1 heterocycles. The number of nitro groups is 1. The maximum absolute atomic E-state index is 12.7. The van der Waals surface area contributed by atoms with Crippen LogP contribution in [0.3, 0.4) is 0 Å². The number of carbonyl (C=O) groups excluding carboxylic acids is 1. The normalized spacial score (nSPS) is 20.2. The van der Waals surface area contributed by atoms with Crippen molar-refractivity contribution in [3.63, 3.8) is 0 Å². The van der Waals surface area contributed by atoms with Crippen molar-refractivity contribution in [2.45, 2.75) is 29.9 Å². The predicted octanol–water partition coefficient (Wildman–Crippen LogP) is 2.02. The first-order valence-corrected chi connectivity index (χ1v) is 8.47. The lowest BCUT2D eigenvalue weighted by atomic mass is 10.1. The molecule has 1 saturated heterocycles. The Labute approximate surface area is 142 Å². The van der Waals surface area contributed by atoms with Crippen LogP contribution in [-0.2, 0) is 9.53 Å². The Kier molecular flexibility index (Phi) is 5.79. The van der Waals surface area contributed by atoms with Gasteiger partial charge in [-0.1, -0.05) is 0 Å². The van der Waals surface area contributed by atoms with E-state index in [2.05, 4.69) is 0 Å². The first-order chi connectivity index (χ1) is 11.4. The minimum absolute atomic E-state index is 0.134. The Bertz CT molecular complexity index is 665. The van der Waals surface area contributed by atoms with Gasteiger partial charge >= 0.3 is 5.97 Å². The number of carboxylic acids is 1. The lowest BCUT2D eigenvalue weighted by molar-refractivity contribution is -0.387. The molecule has 9 heteroatoms. The Hall–Kier alpha value is -2.13. The molecule has 24 heavy (non-hydrogen) atoms. The number of benzene rings is 1. The van der Waals surface area contributed by atoms with E-state index in [0.717, 1.165) is 0 Å². The van der Waals surface area contributed by atoms with Crippen LogP contribution in [0.15, 0.2) is 23.1 Å². The predicted molar refractivity (Wildman–Crippen MR) is 87.4 cm³/mol. The maximum atomic E-state index is 12.7. The fourth-order valence-corrected chi connectivity index (χ4v) is 3.37. The molecule has 1 aromatic carbocycles.